The van der Waals surface area contributed by atoms with Gasteiger partial charge in [0, 0.05) is 21.9 Å². The van der Waals surface area contributed by atoms with E-state index in [4.69, 9.17) is 11.5 Å². The average molecular weight is 351 g/mol. The van der Waals surface area contributed by atoms with Crippen LogP contribution in [0.2, 0.25) is 0 Å². The highest BCUT2D eigenvalue weighted by atomic mass is 79.9. The van der Waals surface area contributed by atoms with Crippen molar-refractivity contribution in [1.29, 1.82) is 0 Å². The number of hydrogen-bond donors (Lipinski definition) is 3. The molecule has 0 aliphatic heterocycles. The van der Waals surface area contributed by atoms with Gasteiger partial charge >= 0.3 is 0 Å². The van der Waals surface area contributed by atoms with E-state index in [0.717, 1.165) is 5.56 Å². The van der Waals surface area contributed by atoms with Gasteiger partial charge in [-0.2, -0.15) is 0 Å². The zero-order valence-corrected chi connectivity index (χ0v) is 12.9. The van der Waals surface area contributed by atoms with Crippen molar-refractivity contribution in [2.75, 3.05) is 16.8 Å². The van der Waals surface area contributed by atoms with Gasteiger partial charge in [-0.15, -0.1) is 0 Å². The maximum absolute atomic E-state index is 11.1. The second kappa shape index (κ2) is 6.01. The van der Waals surface area contributed by atoms with Crippen LogP contribution in [0.4, 0.5) is 22.7 Å². The van der Waals surface area contributed by atoms with E-state index >= 15 is 0 Å². The summed E-state index contributed by atoms with van der Waals surface area (Å²) < 4.78 is 0.649. The number of benzene rings is 2. The number of nitrogens with one attached hydrogen (secondary N) is 1. The molecule has 7 heteroatoms. The quantitative estimate of drug-likeness (QED) is 0.442. The van der Waals surface area contributed by atoms with Gasteiger partial charge in [-0.3, -0.25) is 10.1 Å². The van der Waals surface area contributed by atoms with Crippen LogP contribution in [-0.2, 0) is 0 Å². The predicted octanol–water partition coefficient (Wildman–Crippen LogP) is 3.69. The molecule has 2 rings (SSSR count). The highest BCUT2D eigenvalue weighted by Gasteiger charge is 2.17. The minimum Gasteiger partial charge on any atom is -0.399 e. The molecule has 110 valence electrons. The predicted molar refractivity (Wildman–Crippen MR) is 88.1 cm³/mol. The normalized spacial score (nSPS) is 11.9. The lowest BCUT2D eigenvalue weighted by Crippen LogP contribution is -2.11. The Morgan fingerprint density at radius 2 is 1.95 bits per heavy atom. The molecule has 0 fully saturated rings. The fourth-order valence-electron chi connectivity index (χ4n) is 2.06. The summed E-state index contributed by atoms with van der Waals surface area (Å²) in [4.78, 5) is 10.7. The summed E-state index contributed by atoms with van der Waals surface area (Å²) in [5, 5.41) is 14.2. The SMILES string of the molecule is CC(Nc1ccc(Br)cc1[N+](=O)[O-])c1cc(N)ccc1N. The van der Waals surface area contributed by atoms with E-state index in [0.29, 0.717) is 21.5 Å². The van der Waals surface area contributed by atoms with Crippen LogP contribution in [0.1, 0.15) is 18.5 Å². The number of halogens is 1. The molecule has 0 aliphatic rings. The Morgan fingerprint density at radius 1 is 1.24 bits per heavy atom. The molecule has 2 aromatic carbocycles. The molecule has 6 nitrogen and oxygen atoms in total. The first-order valence-electron chi connectivity index (χ1n) is 6.24. The summed E-state index contributed by atoms with van der Waals surface area (Å²) in [5.41, 5.74) is 14.1. The average Bonchev–Trinajstić information content (AvgIpc) is 2.43. The highest BCUT2D eigenvalue weighted by molar-refractivity contribution is 9.10. The van der Waals surface area contributed by atoms with Crippen molar-refractivity contribution in [3.63, 3.8) is 0 Å². The van der Waals surface area contributed by atoms with Crippen molar-refractivity contribution in [3.05, 3.63) is 56.5 Å². The van der Waals surface area contributed by atoms with Crippen molar-refractivity contribution >= 4 is 38.7 Å². The Labute approximate surface area is 130 Å². The Kier molecular flexibility index (Phi) is 4.32. The fourth-order valence-corrected chi connectivity index (χ4v) is 2.41. The molecule has 21 heavy (non-hydrogen) atoms. The molecule has 0 saturated heterocycles. The number of nitrogens with two attached hydrogens (primary N) is 2. The van der Waals surface area contributed by atoms with Gasteiger partial charge in [0.05, 0.1) is 11.0 Å². The van der Waals surface area contributed by atoms with E-state index in [2.05, 4.69) is 21.2 Å². The second-order valence-corrected chi connectivity index (χ2v) is 5.59. The number of hydrogen-bond acceptors (Lipinski definition) is 5. The molecule has 0 amide bonds. The minimum atomic E-state index is -0.428. The third-order valence-electron chi connectivity index (χ3n) is 3.11. The molecule has 0 spiro atoms. The van der Waals surface area contributed by atoms with Crippen LogP contribution in [0.15, 0.2) is 40.9 Å². The highest BCUT2D eigenvalue weighted by Crippen LogP contribution is 2.32. The number of rotatable bonds is 4. The van der Waals surface area contributed by atoms with E-state index in [1.165, 1.54) is 6.07 Å². The zero-order valence-electron chi connectivity index (χ0n) is 11.3. The van der Waals surface area contributed by atoms with Gasteiger partial charge in [0.1, 0.15) is 5.69 Å². The molecular formula is C14H15BrN4O2. The van der Waals surface area contributed by atoms with Gasteiger partial charge in [0.2, 0.25) is 0 Å². The van der Waals surface area contributed by atoms with E-state index in [-0.39, 0.29) is 11.7 Å². The molecule has 0 aromatic heterocycles. The maximum Gasteiger partial charge on any atom is 0.293 e. The molecule has 0 radical (unpaired) electrons. The Hall–Kier alpha value is -2.28. The standard InChI is InChI=1S/C14H15BrN4O2/c1-8(11-7-10(16)3-4-12(11)17)18-13-5-2-9(15)6-14(13)19(20)21/h2-8,18H,16-17H2,1H3. The molecular weight excluding hydrogens is 336 g/mol. The summed E-state index contributed by atoms with van der Waals surface area (Å²) >= 11 is 3.23. The summed E-state index contributed by atoms with van der Waals surface area (Å²) in [6.45, 7) is 1.87. The lowest BCUT2D eigenvalue weighted by Gasteiger charge is -2.18. The van der Waals surface area contributed by atoms with Crippen LogP contribution in [0.3, 0.4) is 0 Å². The van der Waals surface area contributed by atoms with Crippen LogP contribution in [0, 0.1) is 10.1 Å². The smallest absolute Gasteiger partial charge is 0.293 e. The zero-order chi connectivity index (χ0) is 15.6. The fraction of sp³-hybridized carbons (Fsp3) is 0.143. The number of nitro benzene ring substituents is 1. The number of nitrogen functional groups attached to an aromatic ring is 2. The van der Waals surface area contributed by atoms with E-state index < -0.39 is 4.92 Å². The molecule has 0 bridgehead atoms. The Morgan fingerprint density at radius 3 is 2.62 bits per heavy atom. The van der Waals surface area contributed by atoms with Crippen LogP contribution >= 0.6 is 15.9 Å². The largest absolute Gasteiger partial charge is 0.399 e. The summed E-state index contributed by atoms with van der Waals surface area (Å²) in [6, 6.07) is 9.84. The van der Waals surface area contributed by atoms with Crippen LogP contribution in [-0.4, -0.2) is 4.92 Å². The summed E-state index contributed by atoms with van der Waals surface area (Å²) in [5.74, 6) is 0. The van der Waals surface area contributed by atoms with Crippen LogP contribution in [0.25, 0.3) is 0 Å². The molecule has 2 aromatic rings. The molecule has 1 unspecified atom stereocenters. The number of anilines is 3. The molecule has 0 heterocycles. The topological polar surface area (TPSA) is 107 Å². The van der Waals surface area contributed by atoms with Crippen LogP contribution < -0.4 is 16.8 Å². The van der Waals surface area contributed by atoms with Crippen LogP contribution in [0.5, 0.6) is 0 Å². The molecule has 5 N–H and O–H groups in total. The van der Waals surface area contributed by atoms with Crippen molar-refractivity contribution in [2.45, 2.75) is 13.0 Å². The third kappa shape index (κ3) is 3.43. The van der Waals surface area contributed by atoms with Gasteiger partial charge in [0.25, 0.3) is 5.69 Å². The maximum atomic E-state index is 11.1. The monoisotopic (exact) mass is 350 g/mol. The van der Waals surface area contributed by atoms with Gasteiger partial charge in [-0.25, -0.2) is 0 Å². The van der Waals surface area contributed by atoms with Gasteiger partial charge in [-0.1, -0.05) is 15.9 Å². The van der Waals surface area contributed by atoms with Crippen molar-refractivity contribution < 1.29 is 4.92 Å². The summed E-state index contributed by atoms with van der Waals surface area (Å²) in [7, 11) is 0. The molecule has 1 atom stereocenters. The van der Waals surface area contributed by atoms with E-state index in [1.807, 2.05) is 6.92 Å². The minimum absolute atomic E-state index is 0.00120. The first-order chi connectivity index (χ1) is 9.88. The van der Waals surface area contributed by atoms with Gasteiger partial charge < -0.3 is 16.8 Å². The third-order valence-corrected chi connectivity index (χ3v) is 3.60. The number of nitrogens with zero attached hydrogens (tertiary/aromatic N) is 1. The van der Waals surface area contributed by atoms with Crippen molar-refractivity contribution in [3.8, 4) is 0 Å². The Bertz CT molecular complexity index is 691. The lowest BCUT2D eigenvalue weighted by atomic mass is 10.0. The van der Waals surface area contributed by atoms with Crippen molar-refractivity contribution in [2.24, 2.45) is 0 Å². The van der Waals surface area contributed by atoms with Crippen molar-refractivity contribution in [1.82, 2.24) is 0 Å². The first kappa shape index (κ1) is 15.1. The van der Waals surface area contributed by atoms with E-state index in [1.54, 1.807) is 30.3 Å². The Balaban J connectivity index is 2.33. The van der Waals surface area contributed by atoms with E-state index in [9.17, 15) is 10.1 Å². The number of nitro groups is 1. The second-order valence-electron chi connectivity index (χ2n) is 4.67. The molecule has 0 saturated carbocycles. The lowest BCUT2D eigenvalue weighted by molar-refractivity contribution is -0.384. The first-order valence-corrected chi connectivity index (χ1v) is 7.03. The molecule has 0 aliphatic carbocycles. The summed E-state index contributed by atoms with van der Waals surface area (Å²) in [6.07, 6.45) is 0. The van der Waals surface area contributed by atoms with Gasteiger partial charge in [0.15, 0.2) is 0 Å². The van der Waals surface area contributed by atoms with Gasteiger partial charge in [-0.05, 0) is 42.8 Å².